The molecule has 1 aromatic carbocycles. The molecule has 0 heterocycles. The fraction of sp³-hybridized carbons (Fsp3) is 0.222. The number of carbonyl (C=O) groups is 1. The highest BCUT2D eigenvalue weighted by Crippen LogP contribution is 2.33. The quantitative estimate of drug-likeness (QED) is 0.859. The van der Waals surface area contributed by atoms with Crippen LogP contribution < -0.4 is 5.32 Å². The Morgan fingerprint density at radius 1 is 1.44 bits per heavy atom. The van der Waals surface area contributed by atoms with Crippen LogP contribution in [0.15, 0.2) is 22.7 Å². The molecule has 88 valence electrons. The van der Waals surface area contributed by atoms with Crippen molar-refractivity contribution in [3.8, 4) is 0 Å². The second-order valence-electron chi connectivity index (χ2n) is 2.81. The Morgan fingerprint density at radius 3 is 2.56 bits per heavy atom. The van der Waals surface area contributed by atoms with Crippen LogP contribution in [-0.2, 0) is 10.9 Å². The molecule has 0 radical (unpaired) electrons. The van der Waals surface area contributed by atoms with Gasteiger partial charge in [-0.15, -0.1) is 0 Å². The molecular weight excluding hydrogens is 291 g/mol. The summed E-state index contributed by atoms with van der Waals surface area (Å²) in [4.78, 5) is 10.9. The van der Waals surface area contributed by atoms with Crippen molar-refractivity contribution in [2.75, 3.05) is 12.4 Å². The molecule has 0 fully saturated rings. The number of rotatable bonds is 1. The summed E-state index contributed by atoms with van der Waals surface area (Å²) in [5, 5.41) is 2.16. The van der Waals surface area contributed by atoms with E-state index >= 15 is 0 Å². The minimum Gasteiger partial charge on any atom is -0.453 e. The molecule has 0 atom stereocenters. The van der Waals surface area contributed by atoms with Gasteiger partial charge in [-0.2, -0.15) is 13.2 Å². The number of alkyl halides is 3. The molecule has 1 aromatic rings. The van der Waals surface area contributed by atoms with Gasteiger partial charge in [-0.05, 0) is 34.1 Å². The molecule has 0 saturated carbocycles. The van der Waals surface area contributed by atoms with E-state index in [0.29, 0.717) is 4.47 Å². The van der Waals surface area contributed by atoms with E-state index in [9.17, 15) is 18.0 Å². The van der Waals surface area contributed by atoms with Gasteiger partial charge in [0.1, 0.15) is 0 Å². The molecule has 1 amide bonds. The second kappa shape index (κ2) is 4.73. The third-order valence-electron chi connectivity index (χ3n) is 1.72. The zero-order chi connectivity index (χ0) is 12.3. The third kappa shape index (κ3) is 3.13. The molecule has 1 N–H and O–H groups in total. The number of carbonyl (C=O) groups excluding carboxylic acids is 1. The maximum Gasteiger partial charge on any atom is 0.416 e. The van der Waals surface area contributed by atoms with Gasteiger partial charge in [0.2, 0.25) is 0 Å². The number of anilines is 1. The molecule has 0 bridgehead atoms. The number of hydrogen-bond acceptors (Lipinski definition) is 2. The Labute approximate surface area is 97.7 Å². The highest BCUT2D eigenvalue weighted by atomic mass is 79.9. The Morgan fingerprint density at radius 2 is 2.06 bits per heavy atom. The number of nitrogens with one attached hydrogen (secondary N) is 1. The predicted molar refractivity (Wildman–Crippen MR) is 55.2 cm³/mol. The van der Waals surface area contributed by atoms with Gasteiger partial charge in [0.25, 0.3) is 0 Å². The van der Waals surface area contributed by atoms with Crippen LogP contribution in [-0.4, -0.2) is 13.2 Å². The normalized spacial score (nSPS) is 11.1. The van der Waals surface area contributed by atoms with Crippen LogP contribution in [0.25, 0.3) is 0 Å². The fourth-order valence-electron chi connectivity index (χ4n) is 0.958. The van der Waals surface area contributed by atoms with Crippen molar-refractivity contribution in [3.05, 3.63) is 28.2 Å². The molecule has 0 unspecified atom stereocenters. The first-order valence-corrected chi connectivity index (χ1v) is 4.85. The van der Waals surface area contributed by atoms with E-state index < -0.39 is 17.8 Å². The summed E-state index contributed by atoms with van der Waals surface area (Å²) in [7, 11) is 1.12. The smallest absolute Gasteiger partial charge is 0.416 e. The maximum atomic E-state index is 12.4. The van der Waals surface area contributed by atoms with Crippen LogP contribution in [0, 0.1) is 0 Å². The molecule has 1 rings (SSSR count). The highest BCUT2D eigenvalue weighted by molar-refractivity contribution is 9.10. The second-order valence-corrected chi connectivity index (χ2v) is 3.66. The lowest BCUT2D eigenvalue weighted by Crippen LogP contribution is -2.13. The molecule has 0 spiro atoms. The molecule has 16 heavy (non-hydrogen) atoms. The van der Waals surface area contributed by atoms with Gasteiger partial charge in [0.15, 0.2) is 0 Å². The van der Waals surface area contributed by atoms with Gasteiger partial charge < -0.3 is 4.74 Å². The first kappa shape index (κ1) is 12.8. The third-order valence-corrected chi connectivity index (χ3v) is 2.41. The zero-order valence-corrected chi connectivity index (χ0v) is 9.65. The Hall–Kier alpha value is -1.24. The lowest BCUT2D eigenvalue weighted by Gasteiger charge is -2.10. The average Bonchev–Trinajstić information content (AvgIpc) is 2.19. The monoisotopic (exact) mass is 297 g/mol. The van der Waals surface area contributed by atoms with Crippen LogP contribution in [0.5, 0.6) is 0 Å². The summed E-state index contributed by atoms with van der Waals surface area (Å²) >= 11 is 3.02. The van der Waals surface area contributed by atoms with Gasteiger partial charge in [-0.25, -0.2) is 4.79 Å². The van der Waals surface area contributed by atoms with Crippen molar-refractivity contribution < 1.29 is 22.7 Å². The number of methoxy groups -OCH3 is 1. The number of benzene rings is 1. The molecule has 0 aromatic heterocycles. The number of amides is 1. The highest BCUT2D eigenvalue weighted by Gasteiger charge is 2.31. The van der Waals surface area contributed by atoms with Crippen LogP contribution in [0.3, 0.4) is 0 Å². The van der Waals surface area contributed by atoms with E-state index in [2.05, 4.69) is 26.0 Å². The van der Waals surface area contributed by atoms with Crippen molar-refractivity contribution >= 4 is 27.7 Å². The van der Waals surface area contributed by atoms with Crippen molar-refractivity contribution in [3.63, 3.8) is 0 Å². The summed E-state index contributed by atoms with van der Waals surface area (Å²) in [6.45, 7) is 0. The van der Waals surface area contributed by atoms with Gasteiger partial charge in [-0.3, -0.25) is 5.32 Å². The van der Waals surface area contributed by atoms with Crippen LogP contribution in [0.2, 0.25) is 0 Å². The van der Waals surface area contributed by atoms with Crippen molar-refractivity contribution in [2.24, 2.45) is 0 Å². The van der Waals surface area contributed by atoms with Gasteiger partial charge in [0.05, 0.1) is 18.4 Å². The van der Waals surface area contributed by atoms with Crippen LogP contribution in [0.1, 0.15) is 5.56 Å². The zero-order valence-electron chi connectivity index (χ0n) is 8.06. The Balaban J connectivity index is 3.04. The number of halogens is 4. The van der Waals surface area contributed by atoms with Crippen molar-refractivity contribution in [2.45, 2.75) is 6.18 Å². The lowest BCUT2D eigenvalue weighted by molar-refractivity contribution is -0.137. The number of ether oxygens (including phenoxy) is 1. The predicted octanol–water partition coefficient (Wildman–Crippen LogP) is 3.65. The average molecular weight is 298 g/mol. The van der Waals surface area contributed by atoms with Gasteiger partial charge in [-0.1, -0.05) is 0 Å². The maximum absolute atomic E-state index is 12.4. The van der Waals surface area contributed by atoms with E-state index in [1.54, 1.807) is 0 Å². The molecule has 3 nitrogen and oxygen atoms in total. The molecule has 0 saturated heterocycles. The summed E-state index contributed by atoms with van der Waals surface area (Å²) in [6.07, 6.45) is -5.28. The Kier molecular flexibility index (Phi) is 3.79. The first-order chi connectivity index (χ1) is 7.34. The molecule has 0 aliphatic heterocycles. The summed E-state index contributed by atoms with van der Waals surface area (Å²) in [6, 6.07) is 2.93. The largest absolute Gasteiger partial charge is 0.453 e. The van der Waals surface area contributed by atoms with E-state index in [1.807, 2.05) is 0 Å². The molecule has 7 heteroatoms. The minimum atomic E-state index is -4.45. The van der Waals surface area contributed by atoms with E-state index in [4.69, 9.17) is 0 Å². The number of hydrogen-bond donors (Lipinski definition) is 1. The van der Waals surface area contributed by atoms with Crippen molar-refractivity contribution in [1.82, 2.24) is 0 Å². The molecule has 0 aliphatic carbocycles. The SMILES string of the molecule is COC(=O)Nc1cc(C(F)(F)F)ccc1Br. The topological polar surface area (TPSA) is 38.3 Å². The van der Waals surface area contributed by atoms with E-state index in [-0.39, 0.29) is 5.69 Å². The van der Waals surface area contributed by atoms with E-state index in [0.717, 1.165) is 19.2 Å². The van der Waals surface area contributed by atoms with Gasteiger partial charge >= 0.3 is 12.3 Å². The summed E-state index contributed by atoms with van der Waals surface area (Å²) in [5.74, 6) is 0. The van der Waals surface area contributed by atoms with Crippen molar-refractivity contribution in [1.29, 1.82) is 0 Å². The van der Waals surface area contributed by atoms with Crippen LogP contribution in [0.4, 0.5) is 23.7 Å². The Bertz CT molecular complexity index is 406. The van der Waals surface area contributed by atoms with E-state index in [1.165, 1.54) is 6.07 Å². The minimum absolute atomic E-state index is 0.00155. The fourth-order valence-corrected chi connectivity index (χ4v) is 1.30. The lowest BCUT2D eigenvalue weighted by atomic mass is 10.2. The molecular formula is C9H7BrF3NO2. The summed E-state index contributed by atoms with van der Waals surface area (Å²) < 4.78 is 41.7. The first-order valence-electron chi connectivity index (χ1n) is 4.06. The van der Waals surface area contributed by atoms with Gasteiger partial charge in [0, 0.05) is 4.47 Å². The standard InChI is InChI=1S/C9H7BrF3NO2/c1-16-8(15)14-7-4-5(9(11,12)13)2-3-6(7)10/h2-4H,1H3,(H,14,15). The molecule has 0 aliphatic rings. The van der Waals surface area contributed by atoms with Crippen LogP contribution >= 0.6 is 15.9 Å². The summed E-state index contributed by atoms with van der Waals surface area (Å²) in [5.41, 5.74) is -0.844.